The fourth-order valence-corrected chi connectivity index (χ4v) is 5.22. The number of likely N-dealkylation sites (tertiary alicyclic amines) is 2. The minimum atomic E-state index is -0.454. The van der Waals surface area contributed by atoms with Crippen molar-refractivity contribution in [3.05, 3.63) is 53.9 Å². The van der Waals surface area contributed by atoms with Crippen molar-refractivity contribution in [3.63, 3.8) is 0 Å². The van der Waals surface area contributed by atoms with Gasteiger partial charge in [-0.15, -0.1) is 0 Å². The third-order valence-electron chi connectivity index (χ3n) is 6.88. The number of hydrogen-bond acceptors (Lipinski definition) is 3. The first-order valence-electron chi connectivity index (χ1n) is 10.5. The lowest BCUT2D eigenvalue weighted by Crippen LogP contribution is -2.61. The van der Waals surface area contributed by atoms with Gasteiger partial charge in [0.1, 0.15) is 0 Å². The molecule has 1 aromatic heterocycles. The fraction of sp³-hybridized carbons (Fsp3) is 0.458. The summed E-state index contributed by atoms with van der Waals surface area (Å²) in [5, 5.41) is 0. The zero-order chi connectivity index (χ0) is 20.6. The van der Waals surface area contributed by atoms with Gasteiger partial charge in [-0.2, -0.15) is 0 Å². The van der Waals surface area contributed by atoms with Gasteiger partial charge in [-0.3, -0.25) is 14.6 Å². The summed E-state index contributed by atoms with van der Waals surface area (Å²) < 4.78 is 0. The molecule has 4 rings (SSSR count). The van der Waals surface area contributed by atoms with Crippen LogP contribution >= 0.6 is 0 Å². The summed E-state index contributed by atoms with van der Waals surface area (Å²) in [5.41, 5.74) is 2.84. The number of piperidine rings is 2. The number of aryl methyl sites for hydroxylation is 1. The maximum absolute atomic E-state index is 13.8. The first-order chi connectivity index (χ1) is 14.0. The van der Waals surface area contributed by atoms with Crippen LogP contribution in [0, 0.1) is 12.3 Å². The van der Waals surface area contributed by atoms with Crippen molar-refractivity contribution >= 4 is 11.8 Å². The zero-order valence-corrected chi connectivity index (χ0v) is 17.5. The summed E-state index contributed by atoms with van der Waals surface area (Å²) >= 11 is 0. The van der Waals surface area contributed by atoms with Gasteiger partial charge >= 0.3 is 0 Å². The van der Waals surface area contributed by atoms with Crippen molar-refractivity contribution in [3.8, 4) is 11.1 Å². The number of nitrogens with zero attached hydrogens (tertiary/aromatic N) is 3. The van der Waals surface area contributed by atoms with Crippen LogP contribution in [0.15, 0.2) is 42.6 Å². The molecule has 2 aromatic rings. The average Bonchev–Trinajstić information content (AvgIpc) is 2.73. The van der Waals surface area contributed by atoms with E-state index in [0.29, 0.717) is 12.1 Å². The maximum Gasteiger partial charge on any atom is 0.256 e. The number of aromatic nitrogens is 1. The molecule has 0 N–H and O–H groups in total. The highest BCUT2D eigenvalue weighted by Crippen LogP contribution is 2.44. The Morgan fingerprint density at radius 3 is 2.52 bits per heavy atom. The molecule has 5 nitrogen and oxygen atoms in total. The van der Waals surface area contributed by atoms with E-state index in [1.165, 1.54) is 0 Å². The highest BCUT2D eigenvalue weighted by Gasteiger charge is 2.51. The minimum Gasteiger partial charge on any atom is -0.345 e. The molecular weight excluding hydrogens is 362 g/mol. The van der Waals surface area contributed by atoms with Gasteiger partial charge in [-0.25, -0.2) is 0 Å². The molecule has 2 amide bonds. The second kappa shape index (κ2) is 7.62. The Morgan fingerprint density at radius 1 is 1.10 bits per heavy atom. The molecule has 152 valence electrons. The Balaban J connectivity index is 1.73. The standard InChI is InChI=1S/C24H29N3O2/c1-17-21(20(11-14-25-17)19-9-5-4-6-10-19)22(28)27-16-8-13-24(18(27)2)12-7-15-26(3)23(24)29/h4-6,9-11,14,18H,7-8,12-13,15-16H2,1-3H3/t18-,24-/m0/s1. The molecule has 1 aromatic carbocycles. The molecule has 0 saturated carbocycles. The van der Waals surface area contributed by atoms with E-state index in [4.69, 9.17) is 0 Å². The van der Waals surface area contributed by atoms with Crippen LogP contribution in [-0.4, -0.2) is 52.8 Å². The van der Waals surface area contributed by atoms with Gasteiger partial charge in [-0.05, 0) is 56.7 Å². The van der Waals surface area contributed by atoms with Gasteiger partial charge in [0.2, 0.25) is 5.91 Å². The van der Waals surface area contributed by atoms with Crippen LogP contribution in [0.5, 0.6) is 0 Å². The maximum atomic E-state index is 13.8. The van der Waals surface area contributed by atoms with E-state index < -0.39 is 5.41 Å². The Morgan fingerprint density at radius 2 is 1.79 bits per heavy atom. The van der Waals surface area contributed by atoms with Crippen molar-refractivity contribution in [2.24, 2.45) is 5.41 Å². The molecule has 2 saturated heterocycles. The van der Waals surface area contributed by atoms with E-state index >= 15 is 0 Å². The van der Waals surface area contributed by atoms with Gasteiger partial charge in [-0.1, -0.05) is 30.3 Å². The normalized spacial score (nSPS) is 24.8. The number of hydrogen-bond donors (Lipinski definition) is 0. The van der Waals surface area contributed by atoms with E-state index in [1.54, 1.807) is 6.20 Å². The SMILES string of the molecule is Cc1nccc(-c2ccccc2)c1C(=O)N1CCC[C@@]2(CCCN(C)C2=O)[C@@H]1C. The largest absolute Gasteiger partial charge is 0.345 e. The number of amides is 2. The van der Waals surface area contributed by atoms with Crippen LogP contribution in [0.25, 0.3) is 11.1 Å². The van der Waals surface area contributed by atoms with Crippen LogP contribution in [0.2, 0.25) is 0 Å². The third kappa shape index (κ3) is 3.22. The van der Waals surface area contributed by atoms with Gasteiger partial charge in [0.05, 0.1) is 16.7 Å². The van der Waals surface area contributed by atoms with E-state index in [0.717, 1.165) is 49.0 Å². The van der Waals surface area contributed by atoms with E-state index in [1.807, 2.05) is 60.2 Å². The predicted molar refractivity (Wildman–Crippen MR) is 113 cm³/mol. The highest BCUT2D eigenvalue weighted by atomic mass is 16.2. The van der Waals surface area contributed by atoms with Gasteiger partial charge in [0.15, 0.2) is 0 Å². The monoisotopic (exact) mass is 391 g/mol. The molecule has 2 aliphatic rings. The Hall–Kier alpha value is -2.69. The molecular formula is C24H29N3O2. The van der Waals surface area contributed by atoms with Crippen LogP contribution < -0.4 is 0 Å². The Labute approximate surface area is 172 Å². The van der Waals surface area contributed by atoms with Crippen molar-refractivity contribution in [2.45, 2.75) is 45.6 Å². The number of benzene rings is 1. The average molecular weight is 392 g/mol. The lowest BCUT2D eigenvalue weighted by molar-refractivity contribution is -0.152. The van der Waals surface area contributed by atoms with Crippen LogP contribution in [0.4, 0.5) is 0 Å². The molecule has 2 aliphatic heterocycles. The summed E-state index contributed by atoms with van der Waals surface area (Å²) in [6.07, 6.45) is 5.33. The van der Waals surface area contributed by atoms with Gasteiger partial charge < -0.3 is 9.80 Å². The van der Waals surface area contributed by atoms with Crippen molar-refractivity contribution in [1.29, 1.82) is 0 Å². The van der Waals surface area contributed by atoms with E-state index in [9.17, 15) is 9.59 Å². The van der Waals surface area contributed by atoms with Crippen molar-refractivity contribution < 1.29 is 9.59 Å². The van der Waals surface area contributed by atoms with Gasteiger partial charge in [0, 0.05) is 32.4 Å². The summed E-state index contributed by atoms with van der Waals surface area (Å²) in [5.74, 6) is 0.182. The molecule has 0 radical (unpaired) electrons. The van der Waals surface area contributed by atoms with Gasteiger partial charge in [0.25, 0.3) is 5.91 Å². The zero-order valence-electron chi connectivity index (χ0n) is 17.5. The van der Waals surface area contributed by atoms with Crippen LogP contribution in [-0.2, 0) is 4.79 Å². The Kier molecular flexibility index (Phi) is 5.15. The number of carbonyl (C=O) groups is 2. The first kappa shape index (κ1) is 19.6. The topological polar surface area (TPSA) is 53.5 Å². The summed E-state index contributed by atoms with van der Waals surface area (Å²) in [6.45, 7) is 5.44. The second-order valence-electron chi connectivity index (χ2n) is 8.45. The fourth-order valence-electron chi connectivity index (χ4n) is 5.22. The Bertz CT molecular complexity index is 923. The first-order valence-corrected chi connectivity index (χ1v) is 10.5. The van der Waals surface area contributed by atoms with Crippen LogP contribution in [0.1, 0.15) is 48.7 Å². The smallest absolute Gasteiger partial charge is 0.256 e. The van der Waals surface area contributed by atoms with Crippen molar-refractivity contribution in [2.75, 3.05) is 20.1 Å². The third-order valence-corrected chi connectivity index (χ3v) is 6.88. The molecule has 29 heavy (non-hydrogen) atoms. The summed E-state index contributed by atoms with van der Waals surface area (Å²) in [6, 6.07) is 11.8. The molecule has 2 fully saturated rings. The molecule has 2 atom stereocenters. The lowest BCUT2D eigenvalue weighted by atomic mass is 9.67. The summed E-state index contributed by atoms with van der Waals surface area (Å²) in [7, 11) is 1.88. The molecule has 0 unspecified atom stereocenters. The van der Waals surface area contributed by atoms with Crippen molar-refractivity contribution in [1.82, 2.24) is 14.8 Å². The quantitative estimate of drug-likeness (QED) is 0.780. The molecule has 0 bridgehead atoms. The number of rotatable bonds is 2. The molecule has 5 heteroatoms. The predicted octanol–water partition coefficient (Wildman–Crippen LogP) is 3.92. The van der Waals surface area contributed by atoms with E-state index in [-0.39, 0.29) is 17.9 Å². The highest BCUT2D eigenvalue weighted by molar-refractivity contribution is 6.02. The van der Waals surface area contributed by atoms with E-state index in [2.05, 4.69) is 11.9 Å². The van der Waals surface area contributed by atoms with Crippen LogP contribution in [0.3, 0.4) is 0 Å². The molecule has 0 aliphatic carbocycles. The summed E-state index contributed by atoms with van der Waals surface area (Å²) in [4.78, 5) is 35.1. The second-order valence-corrected chi connectivity index (χ2v) is 8.45. The molecule has 1 spiro atoms. The minimum absolute atomic E-state index is 0.0120. The number of carbonyl (C=O) groups excluding carboxylic acids is 2. The number of pyridine rings is 1. The molecule has 3 heterocycles. The lowest BCUT2D eigenvalue weighted by Gasteiger charge is -2.51.